The Morgan fingerprint density at radius 1 is 1.33 bits per heavy atom. The lowest BCUT2D eigenvalue weighted by Gasteiger charge is -2.13. The van der Waals surface area contributed by atoms with Crippen LogP contribution in [-0.2, 0) is 11.2 Å². The topological polar surface area (TPSA) is 53.8 Å². The Kier molecular flexibility index (Phi) is 3.62. The van der Waals surface area contributed by atoms with Crippen LogP contribution in [0.1, 0.15) is 30.0 Å². The molecule has 0 amide bonds. The van der Waals surface area contributed by atoms with E-state index in [9.17, 15) is 22.1 Å². The Labute approximate surface area is 120 Å². The lowest BCUT2D eigenvalue weighted by molar-refractivity contribution is 0.323. The first kappa shape index (κ1) is 14.3. The maximum atomic E-state index is 13.9. The molecule has 2 aromatic rings. The minimum atomic E-state index is -2.11. The number of nitrogens with zero attached hydrogens (tertiary/aromatic N) is 3. The van der Waals surface area contributed by atoms with Crippen LogP contribution in [0.3, 0.4) is 0 Å². The largest absolute Gasteiger partial charge is 0.607 e. The number of alkyl halides is 2. The predicted octanol–water partition coefficient (Wildman–Crippen LogP) is 2.59. The summed E-state index contributed by atoms with van der Waals surface area (Å²) in [5.74, 6) is -1.85. The summed E-state index contributed by atoms with van der Waals surface area (Å²) in [6.45, 7) is 0. The van der Waals surface area contributed by atoms with E-state index in [-0.39, 0.29) is 23.0 Å². The van der Waals surface area contributed by atoms with Gasteiger partial charge in [0.2, 0.25) is 0 Å². The third-order valence-electron chi connectivity index (χ3n) is 3.28. The number of rotatable bonds is 3. The zero-order valence-corrected chi connectivity index (χ0v) is 11.3. The number of hydrogen-bond donors (Lipinski definition) is 0. The summed E-state index contributed by atoms with van der Waals surface area (Å²) in [4.78, 5) is 3.67. The molecular formula is C12H9F4N3OS. The molecule has 0 saturated carbocycles. The number of aromatic nitrogens is 3. The molecule has 0 radical (unpaired) electrons. The van der Waals surface area contributed by atoms with Crippen LogP contribution < -0.4 is 0 Å². The molecule has 21 heavy (non-hydrogen) atoms. The van der Waals surface area contributed by atoms with Crippen LogP contribution in [0.4, 0.5) is 17.6 Å². The van der Waals surface area contributed by atoms with E-state index < -0.39 is 41.0 Å². The minimum Gasteiger partial charge on any atom is -0.607 e. The number of benzene rings is 1. The highest BCUT2D eigenvalue weighted by molar-refractivity contribution is 7.91. The Bertz CT molecular complexity index is 660. The molecule has 3 atom stereocenters. The van der Waals surface area contributed by atoms with Crippen LogP contribution in [0.5, 0.6) is 0 Å². The van der Waals surface area contributed by atoms with Crippen molar-refractivity contribution in [3.05, 3.63) is 41.2 Å². The van der Waals surface area contributed by atoms with Gasteiger partial charge >= 0.3 is 5.16 Å². The van der Waals surface area contributed by atoms with Crippen molar-refractivity contribution < 1.29 is 22.1 Å². The lowest BCUT2D eigenvalue weighted by Crippen LogP contribution is -2.13. The average molecular weight is 319 g/mol. The van der Waals surface area contributed by atoms with Crippen LogP contribution >= 0.6 is 0 Å². The molecule has 0 bridgehead atoms. The van der Waals surface area contributed by atoms with Crippen LogP contribution in [0.15, 0.2) is 23.4 Å². The summed E-state index contributed by atoms with van der Waals surface area (Å²) < 4.78 is 66.2. The average Bonchev–Trinajstić information content (AvgIpc) is 3.00. The molecule has 0 aliphatic carbocycles. The second kappa shape index (κ2) is 5.30. The summed E-state index contributed by atoms with van der Waals surface area (Å²) >= 11 is -2.11. The first-order chi connectivity index (χ1) is 10.0. The number of halogens is 4. The van der Waals surface area contributed by atoms with Crippen LogP contribution in [0.25, 0.3) is 0 Å². The van der Waals surface area contributed by atoms with Crippen molar-refractivity contribution in [3.63, 3.8) is 0 Å². The minimum absolute atomic E-state index is 0.195. The molecule has 0 saturated heterocycles. The van der Waals surface area contributed by atoms with Gasteiger partial charge in [0, 0.05) is 12.0 Å². The molecule has 2 heterocycles. The van der Waals surface area contributed by atoms with Crippen molar-refractivity contribution in [3.8, 4) is 0 Å². The van der Waals surface area contributed by atoms with E-state index >= 15 is 0 Å². The molecule has 3 rings (SSSR count). The Balaban J connectivity index is 2.07. The second-order valence-corrected chi connectivity index (χ2v) is 5.78. The lowest BCUT2D eigenvalue weighted by atomic mass is 10.0. The maximum absolute atomic E-state index is 13.9. The number of hydrogen-bond acceptors (Lipinski definition) is 3. The summed E-state index contributed by atoms with van der Waals surface area (Å²) in [5, 5.41) is 3.37. The van der Waals surface area contributed by atoms with Crippen molar-refractivity contribution in [1.82, 2.24) is 14.8 Å². The predicted molar refractivity (Wildman–Crippen MR) is 65.4 cm³/mol. The van der Waals surface area contributed by atoms with Crippen molar-refractivity contribution in [2.24, 2.45) is 0 Å². The molecule has 0 N–H and O–H groups in total. The first-order valence-electron chi connectivity index (χ1n) is 6.01. The molecule has 1 aliphatic heterocycles. The summed E-state index contributed by atoms with van der Waals surface area (Å²) in [5.41, 5.74) is -0.332. The van der Waals surface area contributed by atoms with Gasteiger partial charge in [0.1, 0.15) is 11.6 Å². The van der Waals surface area contributed by atoms with Gasteiger partial charge in [0.25, 0.3) is 6.01 Å². The number of fused-ring (bicyclic) bond motifs is 1. The Morgan fingerprint density at radius 2 is 2.00 bits per heavy atom. The normalized spacial score (nSPS) is 22.3. The van der Waals surface area contributed by atoms with Crippen molar-refractivity contribution in [2.75, 3.05) is 6.01 Å². The molecule has 1 aromatic heterocycles. The molecule has 112 valence electrons. The molecular weight excluding hydrogens is 310 g/mol. The fraction of sp³-hybridized carbons (Fsp3) is 0.333. The zero-order valence-electron chi connectivity index (χ0n) is 10.5. The van der Waals surface area contributed by atoms with E-state index in [1.807, 2.05) is 0 Å². The second-order valence-electron chi connectivity index (χ2n) is 4.51. The molecule has 1 aliphatic rings. The molecule has 0 fully saturated rings. The van der Waals surface area contributed by atoms with Gasteiger partial charge in [-0.1, -0.05) is 6.07 Å². The third kappa shape index (κ3) is 2.30. The molecule has 0 spiro atoms. The molecule has 4 nitrogen and oxygen atoms in total. The van der Waals surface area contributed by atoms with E-state index in [0.29, 0.717) is 0 Å². The van der Waals surface area contributed by atoms with Gasteiger partial charge in [-0.3, -0.25) is 0 Å². The summed E-state index contributed by atoms with van der Waals surface area (Å²) in [6.07, 6.45) is -1.83. The SMILES string of the molecule is [O-][S@@+](CF)c1nc2n(n1)[C@H](c1c(F)cccc1F)C[C@@H]2F. The quantitative estimate of drug-likeness (QED) is 0.645. The van der Waals surface area contributed by atoms with Crippen molar-refractivity contribution >= 4 is 11.2 Å². The van der Waals surface area contributed by atoms with E-state index in [2.05, 4.69) is 10.1 Å². The Hall–Kier alpha value is -1.61. The highest BCUT2D eigenvalue weighted by Gasteiger charge is 2.39. The van der Waals surface area contributed by atoms with E-state index in [1.165, 1.54) is 6.07 Å². The van der Waals surface area contributed by atoms with E-state index in [4.69, 9.17) is 0 Å². The standard InChI is InChI=1S/C12H9F4N3OS/c13-5-21(20)12-17-11-8(16)4-9(19(11)18-12)10-6(14)2-1-3-7(10)15/h1-3,8-9H,4-5H2/t8-,9-,21-/m0/s1. The first-order valence-corrected chi connectivity index (χ1v) is 7.33. The highest BCUT2D eigenvalue weighted by atomic mass is 32.2. The third-order valence-corrected chi connectivity index (χ3v) is 4.06. The Morgan fingerprint density at radius 3 is 2.62 bits per heavy atom. The molecule has 0 unspecified atom stereocenters. The van der Waals surface area contributed by atoms with E-state index in [1.54, 1.807) is 0 Å². The van der Waals surface area contributed by atoms with Crippen molar-refractivity contribution in [2.45, 2.75) is 23.8 Å². The van der Waals surface area contributed by atoms with Gasteiger partial charge in [0.05, 0.1) is 17.2 Å². The fourth-order valence-corrected chi connectivity index (χ4v) is 2.85. The summed E-state index contributed by atoms with van der Waals surface area (Å²) in [6, 6.07) is 1.07. The van der Waals surface area contributed by atoms with Gasteiger partial charge < -0.3 is 4.55 Å². The molecule has 9 heteroatoms. The maximum Gasteiger partial charge on any atom is 0.364 e. The summed E-state index contributed by atoms with van der Waals surface area (Å²) in [7, 11) is 0. The van der Waals surface area contributed by atoms with E-state index in [0.717, 1.165) is 16.8 Å². The van der Waals surface area contributed by atoms with Gasteiger partial charge in [-0.2, -0.15) is 9.37 Å². The van der Waals surface area contributed by atoms with Gasteiger partial charge in [-0.05, 0) is 12.1 Å². The smallest absolute Gasteiger partial charge is 0.364 e. The zero-order chi connectivity index (χ0) is 15.1. The van der Waals surface area contributed by atoms with Crippen LogP contribution in [0, 0.1) is 11.6 Å². The highest BCUT2D eigenvalue weighted by Crippen LogP contribution is 2.41. The van der Waals surface area contributed by atoms with Gasteiger partial charge in [-0.25, -0.2) is 17.9 Å². The van der Waals surface area contributed by atoms with Crippen molar-refractivity contribution in [1.29, 1.82) is 0 Å². The molecule has 1 aromatic carbocycles. The van der Waals surface area contributed by atoms with Gasteiger partial charge in [-0.15, -0.1) is 5.10 Å². The fourth-order valence-electron chi connectivity index (χ4n) is 2.37. The van der Waals surface area contributed by atoms with Crippen LogP contribution in [-0.4, -0.2) is 25.3 Å². The monoisotopic (exact) mass is 319 g/mol. The van der Waals surface area contributed by atoms with Gasteiger partial charge in [0.15, 0.2) is 12.0 Å². The van der Waals surface area contributed by atoms with Crippen LogP contribution in [0.2, 0.25) is 0 Å².